The highest BCUT2D eigenvalue weighted by atomic mass is 19.4. The zero-order chi connectivity index (χ0) is 14.8. The van der Waals surface area contributed by atoms with E-state index in [0.717, 1.165) is 6.08 Å². The average molecular weight is 281 g/mol. The Balaban J connectivity index is 2.08. The Bertz CT molecular complexity index is 584. The maximum absolute atomic E-state index is 12.5. The molecule has 1 aliphatic rings. The molecule has 1 aromatic rings. The summed E-state index contributed by atoms with van der Waals surface area (Å²) < 4.78 is 37.4. The third-order valence-electron chi connectivity index (χ3n) is 2.97. The van der Waals surface area contributed by atoms with Crippen LogP contribution in [0.15, 0.2) is 30.0 Å². The summed E-state index contributed by atoms with van der Waals surface area (Å²) in [5.41, 5.74) is -0.165. The summed E-state index contributed by atoms with van der Waals surface area (Å²) in [7, 11) is 0. The van der Waals surface area contributed by atoms with Crippen LogP contribution in [0.5, 0.6) is 0 Å². The third-order valence-corrected chi connectivity index (χ3v) is 2.97. The first-order valence-electron chi connectivity index (χ1n) is 5.83. The van der Waals surface area contributed by atoms with Gasteiger partial charge in [-0.15, -0.1) is 0 Å². The molecular formula is C13H10F3N3O. The van der Waals surface area contributed by atoms with E-state index in [1.807, 2.05) is 6.07 Å². The van der Waals surface area contributed by atoms with Crippen LogP contribution in [0.1, 0.15) is 22.5 Å². The summed E-state index contributed by atoms with van der Waals surface area (Å²) in [6.07, 6.45) is -2.27. The first-order chi connectivity index (χ1) is 9.41. The molecule has 0 N–H and O–H groups in total. The Morgan fingerprint density at radius 2 is 2.15 bits per heavy atom. The van der Waals surface area contributed by atoms with E-state index in [2.05, 4.69) is 4.98 Å². The molecule has 2 rings (SSSR count). The normalized spacial score (nSPS) is 15.5. The molecule has 0 fully saturated rings. The van der Waals surface area contributed by atoms with E-state index in [4.69, 9.17) is 5.26 Å². The van der Waals surface area contributed by atoms with E-state index < -0.39 is 17.7 Å². The van der Waals surface area contributed by atoms with Crippen molar-refractivity contribution in [2.75, 3.05) is 13.1 Å². The molecule has 7 heteroatoms. The minimum absolute atomic E-state index is 0.00581. The molecular weight excluding hydrogens is 271 g/mol. The van der Waals surface area contributed by atoms with Gasteiger partial charge in [-0.05, 0) is 18.6 Å². The third kappa shape index (κ3) is 2.96. The smallest absolute Gasteiger partial charge is 0.333 e. The van der Waals surface area contributed by atoms with Crippen LogP contribution in [-0.2, 0) is 0 Å². The number of hydrogen-bond acceptors (Lipinski definition) is 3. The fraction of sp³-hybridized carbons (Fsp3) is 0.308. The zero-order valence-electron chi connectivity index (χ0n) is 10.3. The molecule has 0 saturated carbocycles. The lowest BCUT2D eigenvalue weighted by Crippen LogP contribution is -2.37. The predicted octanol–water partition coefficient (Wildman–Crippen LogP) is 2.29. The van der Waals surface area contributed by atoms with Crippen molar-refractivity contribution >= 4 is 5.91 Å². The van der Waals surface area contributed by atoms with Gasteiger partial charge >= 0.3 is 6.18 Å². The molecule has 0 aromatic carbocycles. The first kappa shape index (κ1) is 14.1. The highest BCUT2D eigenvalue weighted by molar-refractivity contribution is 5.92. The van der Waals surface area contributed by atoms with Crippen LogP contribution in [0.4, 0.5) is 13.2 Å². The molecule has 0 spiro atoms. The molecule has 2 heterocycles. The van der Waals surface area contributed by atoms with Crippen molar-refractivity contribution in [2.24, 2.45) is 0 Å². The standard InChI is InChI=1S/C13H10F3N3O/c14-13(15,16)10-3-5-19(6-4-10)12(20)11-2-1-9(7-17)8-18-11/h1-3,8H,4-6H2. The number of aromatic nitrogens is 1. The van der Waals surface area contributed by atoms with Gasteiger partial charge in [0, 0.05) is 24.9 Å². The summed E-state index contributed by atoms with van der Waals surface area (Å²) in [4.78, 5) is 17.2. The van der Waals surface area contributed by atoms with E-state index >= 15 is 0 Å². The fourth-order valence-electron chi connectivity index (χ4n) is 1.86. The Kier molecular flexibility index (Phi) is 3.74. The van der Waals surface area contributed by atoms with Crippen molar-refractivity contribution in [2.45, 2.75) is 12.6 Å². The molecule has 1 aliphatic heterocycles. The predicted molar refractivity (Wildman–Crippen MR) is 63.6 cm³/mol. The first-order valence-corrected chi connectivity index (χ1v) is 5.83. The summed E-state index contributed by atoms with van der Waals surface area (Å²) in [6, 6.07) is 4.71. The second kappa shape index (κ2) is 5.33. The lowest BCUT2D eigenvalue weighted by atomic mass is 10.1. The summed E-state index contributed by atoms with van der Waals surface area (Å²) in [6.45, 7) is -0.0821. The van der Waals surface area contributed by atoms with E-state index in [1.165, 1.54) is 23.2 Å². The number of rotatable bonds is 1. The van der Waals surface area contributed by atoms with Gasteiger partial charge in [0.15, 0.2) is 0 Å². The van der Waals surface area contributed by atoms with Gasteiger partial charge in [-0.3, -0.25) is 4.79 Å². The highest BCUT2D eigenvalue weighted by Gasteiger charge is 2.35. The van der Waals surface area contributed by atoms with Crippen LogP contribution in [0.2, 0.25) is 0 Å². The van der Waals surface area contributed by atoms with E-state index in [-0.39, 0.29) is 25.2 Å². The molecule has 104 valence electrons. The summed E-state index contributed by atoms with van der Waals surface area (Å²) >= 11 is 0. The fourth-order valence-corrected chi connectivity index (χ4v) is 1.86. The van der Waals surface area contributed by atoms with Crippen molar-refractivity contribution in [1.29, 1.82) is 5.26 Å². The zero-order valence-corrected chi connectivity index (χ0v) is 10.3. The second-order valence-electron chi connectivity index (χ2n) is 4.27. The Morgan fingerprint density at radius 3 is 2.60 bits per heavy atom. The molecule has 0 unspecified atom stereocenters. The number of nitriles is 1. The number of amides is 1. The van der Waals surface area contributed by atoms with Gasteiger partial charge in [0.05, 0.1) is 5.56 Å². The number of pyridine rings is 1. The number of nitrogens with zero attached hydrogens (tertiary/aromatic N) is 3. The van der Waals surface area contributed by atoms with Gasteiger partial charge in [-0.1, -0.05) is 6.08 Å². The number of hydrogen-bond donors (Lipinski definition) is 0. The van der Waals surface area contributed by atoms with Gasteiger partial charge < -0.3 is 4.90 Å². The van der Waals surface area contributed by atoms with Crippen molar-refractivity contribution in [3.05, 3.63) is 41.2 Å². The van der Waals surface area contributed by atoms with Crippen LogP contribution in [-0.4, -0.2) is 35.1 Å². The van der Waals surface area contributed by atoms with Crippen LogP contribution in [0.3, 0.4) is 0 Å². The molecule has 0 radical (unpaired) electrons. The Morgan fingerprint density at radius 1 is 1.40 bits per heavy atom. The van der Waals surface area contributed by atoms with Gasteiger partial charge in [0.1, 0.15) is 11.8 Å². The quantitative estimate of drug-likeness (QED) is 0.742. The average Bonchev–Trinajstić information content (AvgIpc) is 2.46. The minimum atomic E-state index is -4.33. The van der Waals surface area contributed by atoms with E-state index in [0.29, 0.717) is 5.56 Å². The molecule has 0 saturated heterocycles. The van der Waals surface area contributed by atoms with Crippen molar-refractivity contribution < 1.29 is 18.0 Å². The van der Waals surface area contributed by atoms with Crippen molar-refractivity contribution in [3.8, 4) is 6.07 Å². The summed E-state index contributed by atoms with van der Waals surface area (Å²) in [5.74, 6) is -0.438. The lowest BCUT2D eigenvalue weighted by molar-refractivity contribution is -0.0957. The van der Waals surface area contributed by atoms with E-state index in [1.54, 1.807) is 0 Å². The van der Waals surface area contributed by atoms with Crippen LogP contribution < -0.4 is 0 Å². The molecule has 0 aliphatic carbocycles. The van der Waals surface area contributed by atoms with Gasteiger partial charge in [-0.2, -0.15) is 18.4 Å². The number of carbonyl (C=O) groups is 1. The van der Waals surface area contributed by atoms with Gasteiger partial charge in [0.2, 0.25) is 0 Å². The Labute approximate surface area is 113 Å². The number of alkyl halides is 3. The van der Waals surface area contributed by atoms with Gasteiger partial charge in [0.25, 0.3) is 5.91 Å². The SMILES string of the molecule is N#Cc1ccc(C(=O)N2CC=C(C(F)(F)F)CC2)nc1. The molecule has 1 amide bonds. The van der Waals surface area contributed by atoms with Crippen molar-refractivity contribution in [1.82, 2.24) is 9.88 Å². The minimum Gasteiger partial charge on any atom is -0.333 e. The molecule has 20 heavy (non-hydrogen) atoms. The maximum atomic E-state index is 12.5. The van der Waals surface area contributed by atoms with Crippen molar-refractivity contribution in [3.63, 3.8) is 0 Å². The number of carbonyl (C=O) groups excluding carboxylic acids is 1. The van der Waals surface area contributed by atoms with Crippen LogP contribution in [0.25, 0.3) is 0 Å². The lowest BCUT2D eigenvalue weighted by Gasteiger charge is -2.27. The molecule has 1 aromatic heterocycles. The maximum Gasteiger partial charge on any atom is 0.412 e. The monoisotopic (exact) mass is 281 g/mol. The molecule has 0 atom stereocenters. The highest BCUT2D eigenvalue weighted by Crippen LogP contribution is 2.30. The van der Waals surface area contributed by atoms with Gasteiger partial charge in [-0.25, -0.2) is 4.98 Å². The van der Waals surface area contributed by atoms with Crippen LogP contribution >= 0.6 is 0 Å². The topological polar surface area (TPSA) is 57.0 Å². The summed E-state index contributed by atoms with van der Waals surface area (Å²) in [5, 5.41) is 8.62. The molecule has 4 nitrogen and oxygen atoms in total. The largest absolute Gasteiger partial charge is 0.412 e. The number of halogens is 3. The molecule has 0 bridgehead atoms. The Hall–Kier alpha value is -2.36. The van der Waals surface area contributed by atoms with Crippen LogP contribution in [0, 0.1) is 11.3 Å². The second-order valence-corrected chi connectivity index (χ2v) is 4.27. The van der Waals surface area contributed by atoms with E-state index in [9.17, 15) is 18.0 Å².